The van der Waals surface area contributed by atoms with Crippen LogP contribution in [0.15, 0.2) is 24.3 Å². The fourth-order valence-electron chi connectivity index (χ4n) is 8.72. The number of rotatable bonds is 50. The molecule has 0 rings (SSSR count). The van der Waals surface area contributed by atoms with Gasteiger partial charge in [0, 0.05) is 0 Å². The second-order valence-electron chi connectivity index (χ2n) is 18.5. The second kappa shape index (κ2) is 55.7. The average Bonchev–Trinajstić information content (AvgIpc) is 3.21. The molecule has 57 heavy (non-hydrogen) atoms. The lowest BCUT2D eigenvalue weighted by Crippen LogP contribution is -3.12. The van der Waals surface area contributed by atoms with Crippen LogP contribution in [0.2, 0.25) is 0 Å². The molecule has 0 aliphatic rings. The number of nitrogens with one attached hydrogen (secondary N) is 1. The third kappa shape index (κ3) is 53.7. The van der Waals surface area contributed by atoms with Crippen molar-refractivity contribution in [2.75, 3.05) is 19.6 Å². The Balaban J connectivity index is 0. The van der Waals surface area contributed by atoms with Crippen molar-refractivity contribution < 1.29 is 17.3 Å². The van der Waals surface area contributed by atoms with E-state index >= 15 is 0 Å². The number of halogens is 1. The molecule has 0 aromatic heterocycles. The molecule has 2 heteroatoms. The van der Waals surface area contributed by atoms with Crippen molar-refractivity contribution in [2.45, 2.75) is 310 Å². The minimum atomic E-state index is 0. The highest BCUT2D eigenvalue weighted by Crippen LogP contribution is 2.15. The zero-order valence-corrected chi connectivity index (χ0v) is 40.9. The SMILES string of the molecule is CCCCCCCC/C=C\CCCCCCCC[NH+](CCCCCCCC/C=C\CCCCCCCC)CCCCCCCCCCCCCCCCCCC.[Cl-]. The van der Waals surface area contributed by atoms with E-state index in [1.807, 2.05) is 4.90 Å². The van der Waals surface area contributed by atoms with Crippen LogP contribution in [0.1, 0.15) is 310 Å². The summed E-state index contributed by atoms with van der Waals surface area (Å²) in [5, 5.41) is 0. The molecule has 342 valence electrons. The van der Waals surface area contributed by atoms with Crippen molar-refractivity contribution in [1.29, 1.82) is 0 Å². The Morgan fingerprint density at radius 3 is 0.561 bits per heavy atom. The van der Waals surface area contributed by atoms with E-state index in [0.29, 0.717) is 0 Å². The molecule has 0 aliphatic heterocycles. The minimum absolute atomic E-state index is 0. The largest absolute Gasteiger partial charge is 1.00 e. The molecule has 0 aromatic rings. The Labute approximate surface area is 369 Å². The zero-order valence-electron chi connectivity index (χ0n) is 40.1. The summed E-state index contributed by atoms with van der Waals surface area (Å²) >= 11 is 0. The lowest BCUT2D eigenvalue weighted by atomic mass is 10.0. The number of hydrogen-bond acceptors (Lipinski definition) is 0. The molecule has 1 N–H and O–H groups in total. The summed E-state index contributed by atoms with van der Waals surface area (Å²) in [6, 6.07) is 0. The summed E-state index contributed by atoms with van der Waals surface area (Å²) in [6.45, 7) is 11.2. The molecular weight excluding hydrogens is 710 g/mol. The van der Waals surface area contributed by atoms with E-state index in [-0.39, 0.29) is 12.4 Å². The van der Waals surface area contributed by atoms with Crippen molar-refractivity contribution in [3.05, 3.63) is 24.3 Å². The third-order valence-electron chi connectivity index (χ3n) is 12.7. The molecule has 0 aromatic carbocycles. The maximum Gasteiger partial charge on any atom is 0.0770 e. The molecule has 0 fully saturated rings. The van der Waals surface area contributed by atoms with Gasteiger partial charge in [-0.2, -0.15) is 0 Å². The van der Waals surface area contributed by atoms with Gasteiger partial charge in [-0.05, 0) is 89.9 Å². The molecule has 0 bridgehead atoms. The van der Waals surface area contributed by atoms with Gasteiger partial charge >= 0.3 is 0 Å². The van der Waals surface area contributed by atoms with Gasteiger partial charge in [0.1, 0.15) is 0 Å². The van der Waals surface area contributed by atoms with Crippen LogP contribution < -0.4 is 17.3 Å². The third-order valence-corrected chi connectivity index (χ3v) is 12.7. The van der Waals surface area contributed by atoms with E-state index in [2.05, 4.69) is 45.1 Å². The molecule has 0 heterocycles. The van der Waals surface area contributed by atoms with Crippen LogP contribution >= 0.6 is 0 Å². The Morgan fingerprint density at radius 1 is 0.211 bits per heavy atom. The Kier molecular flexibility index (Phi) is 57.5. The topological polar surface area (TPSA) is 4.44 Å². The predicted octanol–water partition coefficient (Wildman–Crippen LogP) is 15.6. The summed E-state index contributed by atoms with van der Waals surface area (Å²) in [5.41, 5.74) is 0. The first-order valence-electron chi connectivity index (χ1n) is 27.0. The van der Waals surface area contributed by atoms with Gasteiger partial charge in [0.05, 0.1) is 19.6 Å². The zero-order chi connectivity index (χ0) is 40.3. The van der Waals surface area contributed by atoms with Gasteiger partial charge < -0.3 is 17.3 Å². The number of quaternary nitrogens is 1. The first kappa shape index (κ1) is 58.8. The molecule has 0 saturated carbocycles. The smallest absolute Gasteiger partial charge is 0.0770 e. The molecule has 0 aliphatic carbocycles. The maximum absolute atomic E-state index is 2.47. The Hall–Kier alpha value is -0.270. The highest BCUT2D eigenvalue weighted by Gasteiger charge is 2.08. The van der Waals surface area contributed by atoms with Gasteiger partial charge in [0.2, 0.25) is 0 Å². The lowest BCUT2D eigenvalue weighted by molar-refractivity contribution is -0.900. The van der Waals surface area contributed by atoms with Crippen LogP contribution in [0, 0.1) is 0 Å². The van der Waals surface area contributed by atoms with E-state index < -0.39 is 0 Å². The average molecular weight is 821 g/mol. The quantitative estimate of drug-likeness (QED) is 0.0461. The van der Waals surface area contributed by atoms with Crippen molar-refractivity contribution in [3.8, 4) is 0 Å². The van der Waals surface area contributed by atoms with Crippen LogP contribution in [0.4, 0.5) is 0 Å². The van der Waals surface area contributed by atoms with Gasteiger partial charge in [-0.15, -0.1) is 0 Å². The summed E-state index contributed by atoms with van der Waals surface area (Å²) in [4.78, 5) is 1.94. The summed E-state index contributed by atoms with van der Waals surface area (Å²) in [6.07, 6.45) is 74.5. The van der Waals surface area contributed by atoms with Gasteiger partial charge in [-0.25, -0.2) is 0 Å². The van der Waals surface area contributed by atoms with Gasteiger partial charge in [-0.1, -0.05) is 244 Å². The molecule has 0 spiro atoms. The summed E-state index contributed by atoms with van der Waals surface area (Å²) in [5.74, 6) is 0. The standard InChI is InChI=1S/C55H109N.ClH/c1-4-7-10-13-16-19-22-25-28-31-34-37-40-43-46-49-52-55-56(53-50-47-44-41-38-35-32-29-26-23-20-17-14-11-8-5-2)54-51-48-45-42-39-36-33-30-27-24-21-18-15-12-9-6-3;/h26-27,29-30H,4-25,28,31-55H2,1-3H3;1H/b29-26-,30-27-;. The molecule has 0 saturated heterocycles. The Bertz CT molecular complexity index is 688. The van der Waals surface area contributed by atoms with Crippen LogP contribution in [0.5, 0.6) is 0 Å². The number of hydrogen-bond donors (Lipinski definition) is 1. The normalized spacial score (nSPS) is 11.9. The minimum Gasteiger partial charge on any atom is -1.00 e. The molecule has 0 amide bonds. The molecular formula is C55H110ClN. The summed E-state index contributed by atoms with van der Waals surface area (Å²) < 4.78 is 0. The van der Waals surface area contributed by atoms with Gasteiger partial charge in [0.25, 0.3) is 0 Å². The molecule has 1 nitrogen and oxygen atoms in total. The van der Waals surface area contributed by atoms with Gasteiger partial charge in [0.15, 0.2) is 0 Å². The van der Waals surface area contributed by atoms with Crippen molar-refractivity contribution >= 4 is 0 Å². The predicted molar refractivity (Wildman–Crippen MR) is 259 cm³/mol. The van der Waals surface area contributed by atoms with Crippen LogP contribution in [0.3, 0.4) is 0 Å². The second-order valence-corrected chi connectivity index (χ2v) is 18.5. The van der Waals surface area contributed by atoms with Crippen molar-refractivity contribution in [2.24, 2.45) is 0 Å². The van der Waals surface area contributed by atoms with E-state index in [4.69, 9.17) is 0 Å². The molecule has 0 atom stereocenters. The fraction of sp³-hybridized carbons (Fsp3) is 0.927. The van der Waals surface area contributed by atoms with Crippen molar-refractivity contribution in [1.82, 2.24) is 0 Å². The molecule has 0 radical (unpaired) electrons. The monoisotopic (exact) mass is 820 g/mol. The molecule has 0 unspecified atom stereocenters. The van der Waals surface area contributed by atoms with Gasteiger partial charge in [-0.3, -0.25) is 0 Å². The van der Waals surface area contributed by atoms with Crippen molar-refractivity contribution in [3.63, 3.8) is 0 Å². The highest BCUT2D eigenvalue weighted by molar-refractivity contribution is 4.82. The van der Waals surface area contributed by atoms with Crippen LogP contribution in [-0.2, 0) is 0 Å². The maximum atomic E-state index is 2.47. The van der Waals surface area contributed by atoms with Crippen LogP contribution in [-0.4, -0.2) is 19.6 Å². The van der Waals surface area contributed by atoms with E-state index in [1.54, 1.807) is 0 Å². The van der Waals surface area contributed by atoms with Crippen LogP contribution in [0.25, 0.3) is 0 Å². The first-order valence-corrected chi connectivity index (χ1v) is 27.0. The number of unbranched alkanes of at least 4 members (excludes halogenated alkanes) is 40. The Morgan fingerprint density at radius 2 is 0.368 bits per heavy atom. The van der Waals surface area contributed by atoms with E-state index in [9.17, 15) is 0 Å². The number of allylic oxidation sites excluding steroid dienone is 4. The fourth-order valence-corrected chi connectivity index (χ4v) is 8.72. The lowest BCUT2D eigenvalue weighted by Gasteiger charge is -2.20. The summed E-state index contributed by atoms with van der Waals surface area (Å²) in [7, 11) is 0. The van der Waals surface area contributed by atoms with E-state index in [1.165, 1.54) is 309 Å². The van der Waals surface area contributed by atoms with E-state index in [0.717, 1.165) is 0 Å². The highest BCUT2D eigenvalue weighted by atomic mass is 35.5. The first-order chi connectivity index (χ1) is 27.8.